The second-order valence-corrected chi connectivity index (χ2v) is 10.1. The van der Waals surface area contributed by atoms with Gasteiger partial charge in [-0.2, -0.15) is 0 Å². The lowest BCUT2D eigenvalue weighted by Crippen LogP contribution is -2.38. The Balaban J connectivity index is 1.17. The Morgan fingerprint density at radius 3 is 3.03 bits per heavy atom. The number of carbonyl (C=O) groups is 1. The number of hydrogen-bond donors (Lipinski definition) is 1. The van der Waals surface area contributed by atoms with Gasteiger partial charge in [-0.05, 0) is 73.9 Å². The molecular weight excluding hydrogens is 442 g/mol. The number of nitrogens with one attached hydrogen (secondary N) is 1. The van der Waals surface area contributed by atoms with Gasteiger partial charge in [0.2, 0.25) is 0 Å². The summed E-state index contributed by atoms with van der Waals surface area (Å²) in [7, 11) is 1.46. The van der Waals surface area contributed by atoms with Gasteiger partial charge in [-0.1, -0.05) is 18.2 Å². The fourth-order valence-corrected chi connectivity index (χ4v) is 5.37. The molecular formula is C28H37N3O4. The summed E-state index contributed by atoms with van der Waals surface area (Å²) in [4.78, 5) is 19.6. The Kier molecular flexibility index (Phi) is 7.84. The summed E-state index contributed by atoms with van der Waals surface area (Å²) in [5, 5.41) is 3.44. The van der Waals surface area contributed by atoms with E-state index in [9.17, 15) is 4.79 Å². The monoisotopic (exact) mass is 479 g/mol. The fourth-order valence-electron chi connectivity index (χ4n) is 5.37. The van der Waals surface area contributed by atoms with Crippen molar-refractivity contribution in [3.8, 4) is 5.75 Å². The van der Waals surface area contributed by atoms with Gasteiger partial charge >= 0.3 is 5.97 Å². The van der Waals surface area contributed by atoms with Gasteiger partial charge in [0.05, 0.1) is 26.7 Å². The zero-order chi connectivity index (χ0) is 24.0. The number of methoxy groups -OCH3 is 1. The minimum Gasteiger partial charge on any atom is -0.486 e. The van der Waals surface area contributed by atoms with Gasteiger partial charge in [0.15, 0.2) is 0 Å². The molecule has 2 aromatic rings. The number of ether oxygens (including phenoxy) is 3. The van der Waals surface area contributed by atoms with Crippen molar-refractivity contribution >= 4 is 11.8 Å². The van der Waals surface area contributed by atoms with E-state index in [1.807, 2.05) is 12.1 Å². The van der Waals surface area contributed by atoms with Crippen LogP contribution in [-0.2, 0) is 27.1 Å². The van der Waals surface area contributed by atoms with Crippen LogP contribution in [-0.4, -0.2) is 68.5 Å². The molecule has 1 N–H and O–H groups in total. The van der Waals surface area contributed by atoms with E-state index in [1.54, 1.807) is 0 Å². The number of esters is 1. The summed E-state index contributed by atoms with van der Waals surface area (Å²) in [6.45, 7) is 5.29. The minimum atomic E-state index is -0.170. The minimum absolute atomic E-state index is 0.0794. The van der Waals surface area contributed by atoms with Crippen LogP contribution < -0.4 is 10.1 Å². The number of rotatable bonds is 10. The highest BCUT2D eigenvalue weighted by Crippen LogP contribution is 2.30. The van der Waals surface area contributed by atoms with Gasteiger partial charge in [0, 0.05) is 31.2 Å². The Morgan fingerprint density at radius 1 is 1.29 bits per heavy atom. The smallest absolute Gasteiger partial charge is 0.306 e. The summed E-state index contributed by atoms with van der Waals surface area (Å²) >= 11 is 0. The van der Waals surface area contributed by atoms with Gasteiger partial charge in [-0.25, -0.2) is 4.98 Å². The predicted molar refractivity (Wildman–Crippen MR) is 135 cm³/mol. The van der Waals surface area contributed by atoms with Crippen LogP contribution in [0.15, 0.2) is 36.4 Å². The van der Waals surface area contributed by atoms with Crippen molar-refractivity contribution in [2.24, 2.45) is 5.92 Å². The van der Waals surface area contributed by atoms with Gasteiger partial charge < -0.3 is 24.4 Å². The van der Waals surface area contributed by atoms with Crippen molar-refractivity contribution in [2.75, 3.05) is 51.8 Å². The molecule has 2 atom stereocenters. The highest BCUT2D eigenvalue weighted by molar-refractivity contribution is 5.70. The molecule has 188 valence electrons. The van der Waals surface area contributed by atoms with E-state index >= 15 is 0 Å². The first kappa shape index (κ1) is 24.1. The van der Waals surface area contributed by atoms with Crippen LogP contribution >= 0.6 is 0 Å². The summed E-state index contributed by atoms with van der Waals surface area (Å²) in [5.41, 5.74) is 3.66. The topological polar surface area (TPSA) is 72.9 Å². The van der Waals surface area contributed by atoms with Gasteiger partial charge in [0.1, 0.15) is 17.7 Å². The number of fused-ring (bicyclic) bond motifs is 1. The lowest BCUT2D eigenvalue weighted by molar-refractivity contribution is -0.141. The maximum atomic E-state index is 12.2. The normalized spacial score (nSPS) is 21.0. The van der Waals surface area contributed by atoms with Crippen LogP contribution in [0.25, 0.3) is 0 Å². The molecule has 1 aromatic carbocycles. The standard InChI is InChI=1S/C28H37N3O4/c1-33-27(32)15-23(22-4-2-6-25(14-22)35-26-18-34-19-26)17-31-13-11-20(16-31)7-9-24-10-8-21-5-3-12-29-28(21)30-24/h2,4,6,8,10,14,20,23,26H,3,5,7,9,11-13,15-19H2,1H3,(H,29,30)/t20-,23?/m1/s1. The quantitative estimate of drug-likeness (QED) is 0.520. The zero-order valence-electron chi connectivity index (χ0n) is 20.7. The van der Waals surface area contributed by atoms with E-state index in [-0.39, 0.29) is 18.0 Å². The lowest BCUT2D eigenvalue weighted by atomic mass is 9.94. The van der Waals surface area contributed by atoms with Crippen molar-refractivity contribution in [1.82, 2.24) is 9.88 Å². The van der Waals surface area contributed by atoms with Crippen LogP contribution in [0.2, 0.25) is 0 Å². The maximum absolute atomic E-state index is 12.2. The molecule has 5 rings (SSSR count). The number of hydrogen-bond acceptors (Lipinski definition) is 7. The largest absolute Gasteiger partial charge is 0.486 e. The van der Waals surface area contributed by atoms with Crippen molar-refractivity contribution < 1.29 is 19.0 Å². The number of nitrogens with zero attached hydrogens (tertiary/aromatic N) is 2. The molecule has 7 nitrogen and oxygen atoms in total. The van der Waals surface area contributed by atoms with Crippen LogP contribution in [0.5, 0.6) is 5.75 Å². The third-order valence-electron chi connectivity index (χ3n) is 7.49. The van der Waals surface area contributed by atoms with E-state index in [1.165, 1.54) is 31.2 Å². The molecule has 4 heterocycles. The molecule has 0 bridgehead atoms. The molecule has 0 spiro atoms. The van der Waals surface area contributed by atoms with E-state index in [0.717, 1.165) is 62.6 Å². The summed E-state index contributed by atoms with van der Waals surface area (Å²) in [5.74, 6) is 2.50. The lowest BCUT2D eigenvalue weighted by Gasteiger charge is -2.28. The van der Waals surface area contributed by atoms with Gasteiger partial charge in [-0.3, -0.25) is 4.79 Å². The SMILES string of the molecule is COC(=O)CC(CN1CC[C@@H](CCc2ccc3c(n2)NCCC3)C1)c1cccc(OC2COC2)c1. The van der Waals surface area contributed by atoms with Gasteiger partial charge in [-0.15, -0.1) is 0 Å². The van der Waals surface area contributed by atoms with E-state index in [0.29, 0.717) is 25.6 Å². The van der Waals surface area contributed by atoms with Crippen molar-refractivity contribution in [2.45, 2.75) is 50.5 Å². The zero-order valence-corrected chi connectivity index (χ0v) is 20.7. The van der Waals surface area contributed by atoms with Crippen molar-refractivity contribution in [1.29, 1.82) is 0 Å². The number of anilines is 1. The Morgan fingerprint density at radius 2 is 2.20 bits per heavy atom. The molecule has 0 saturated carbocycles. The second kappa shape index (κ2) is 11.4. The number of benzene rings is 1. The molecule has 35 heavy (non-hydrogen) atoms. The van der Waals surface area contributed by atoms with Crippen LogP contribution in [0.3, 0.4) is 0 Å². The molecule has 3 aliphatic heterocycles. The van der Waals surface area contributed by atoms with Crippen LogP contribution in [0, 0.1) is 5.92 Å². The van der Waals surface area contributed by atoms with Gasteiger partial charge in [0.25, 0.3) is 0 Å². The second-order valence-electron chi connectivity index (χ2n) is 10.1. The predicted octanol–water partition coefficient (Wildman–Crippen LogP) is 3.82. The van der Waals surface area contributed by atoms with E-state index in [2.05, 4.69) is 34.5 Å². The third-order valence-corrected chi connectivity index (χ3v) is 7.49. The summed E-state index contributed by atoms with van der Waals surface area (Å²) in [6.07, 6.45) is 6.18. The number of likely N-dealkylation sites (tertiary alicyclic amines) is 1. The highest BCUT2D eigenvalue weighted by Gasteiger charge is 2.27. The molecule has 7 heteroatoms. The van der Waals surface area contributed by atoms with Crippen LogP contribution in [0.1, 0.15) is 48.4 Å². The Hall–Kier alpha value is -2.64. The molecule has 0 radical (unpaired) electrons. The molecule has 2 fully saturated rings. The Bertz CT molecular complexity index is 1010. The number of aromatic nitrogens is 1. The molecule has 1 unspecified atom stereocenters. The maximum Gasteiger partial charge on any atom is 0.306 e. The first-order valence-corrected chi connectivity index (χ1v) is 13.0. The number of pyridine rings is 1. The summed E-state index contributed by atoms with van der Waals surface area (Å²) < 4.78 is 16.2. The average Bonchev–Trinajstić information content (AvgIpc) is 3.32. The first-order chi connectivity index (χ1) is 17.2. The van der Waals surface area contributed by atoms with Crippen molar-refractivity contribution in [3.05, 3.63) is 53.2 Å². The number of carbonyl (C=O) groups excluding carboxylic acids is 1. The molecule has 0 amide bonds. The average molecular weight is 480 g/mol. The first-order valence-electron chi connectivity index (χ1n) is 13.0. The van der Waals surface area contributed by atoms with Crippen molar-refractivity contribution in [3.63, 3.8) is 0 Å². The molecule has 0 aliphatic carbocycles. The molecule has 1 aromatic heterocycles. The number of aryl methyl sites for hydroxylation is 2. The Labute approximate surface area is 208 Å². The molecule has 3 aliphatic rings. The summed E-state index contributed by atoms with van der Waals surface area (Å²) in [6, 6.07) is 12.6. The third kappa shape index (κ3) is 6.33. The fraction of sp³-hybridized carbons (Fsp3) is 0.571. The van der Waals surface area contributed by atoms with Crippen LogP contribution in [0.4, 0.5) is 5.82 Å². The van der Waals surface area contributed by atoms with E-state index < -0.39 is 0 Å². The van der Waals surface area contributed by atoms with E-state index in [4.69, 9.17) is 19.2 Å². The molecule has 2 saturated heterocycles. The highest BCUT2D eigenvalue weighted by atomic mass is 16.6.